The molecule has 4 rings (SSSR count). The topological polar surface area (TPSA) is 77.8 Å². The normalized spacial score (nSPS) is 15.0. The zero-order valence-corrected chi connectivity index (χ0v) is 12.1. The van der Waals surface area contributed by atoms with Gasteiger partial charge in [0.1, 0.15) is 0 Å². The zero-order chi connectivity index (χ0) is 15.1. The lowest BCUT2D eigenvalue weighted by Crippen LogP contribution is -2.13. The highest BCUT2D eigenvalue weighted by atomic mass is 16.5. The summed E-state index contributed by atoms with van der Waals surface area (Å²) in [4.78, 5) is 8.79. The standard InChI is InChI=1S/C16H14N4O2/c1-9-7-11(8-9)14-18-16(22-20-14)13-6-4-3-5-12(13)15-17-10(2)19-21-15/h3-6,11H,1,7-8H2,2H3. The van der Waals surface area contributed by atoms with E-state index in [4.69, 9.17) is 9.05 Å². The Hall–Kier alpha value is -2.76. The van der Waals surface area contributed by atoms with Crippen LogP contribution in [-0.4, -0.2) is 20.3 Å². The van der Waals surface area contributed by atoms with Gasteiger partial charge in [-0.2, -0.15) is 9.97 Å². The van der Waals surface area contributed by atoms with Gasteiger partial charge in [-0.15, -0.1) is 0 Å². The fourth-order valence-corrected chi connectivity index (χ4v) is 2.59. The van der Waals surface area contributed by atoms with Crippen LogP contribution in [0.2, 0.25) is 0 Å². The third kappa shape index (κ3) is 2.13. The molecule has 1 aliphatic carbocycles. The van der Waals surface area contributed by atoms with Crippen molar-refractivity contribution >= 4 is 0 Å². The number of nitrogens with zero attached hydrogens (tertiary/aromatic N) is 4. The third-order valence-corrected chi connectivity index (χ3v) is 3.79. The van der Waals surface area contributed by atoms with Crippen LogP contribution in [-0.2, 0) is 0 Å². The van der Waals surface area contributed by atoms with Crippen LogP contribution in [0.25, 0.3) is 22.9 Å². The zero-order valence-electron chi connectivity index (χ0n) is 12.1. The number of benzene rings is 1. The maximum Gasteiger partial charge on any atom is 0.258 e. The molecule has 0 spiro atoms. The van der Waals surface area contributed by atoms with Crippen LogP contribution in [0.1, 0.15) is 30.4 Å². The first kappa shape index (κ1) is 12.9. The molecule has 110 valence electrons. The maximum atomic E-state index is 5.43. The van der Waals surface area contributed by atoms with Crippen LogP contribution in [0, 0.1) is 6.92 Å². The van der Waals surface area contributed by atoms with Crippen LogP contribution >= 0.6 is 0 Å². The van der Waals surface area contributed by atoms with Crippen molar-refractivity contribution in [2.24, 2.45) is 0 Å². The molecule has 1 saturated carbocycles. The summed E-state index contributed by atoms with van der Waals surface area (Å²) in [6.45, 7) is 5.73. The smallest absolute Gasteiger partial charge is 0.258 e. The molecular formula is C16H14N4O2. The fourth-order valence-electron chi connectivity index (χ4n) is 2.59. The Morgan fingerprint density at radius 2 is 1.64 bits per heavy atom. The van der Waals surface area contributed by atoms with Crippen LogP contribution in [0.4, 0.5) is 0 Å². The van der Waals surface area contributed by atoms with Crippen LogP contribution < -0.4 is 0 Å². The Kier molecular flexibility index (Phi) is 2.89. The second kappa shape index (κ2) is 4.91. The van der Waals surface area contributed by atoms with E-state index in [0.29, 0.717) is 23.5 Å². The summed E-state index contributed by atoms with van der Waals surface area (Å²) in [6, 6.07) is 7.63. The lowest BCUT2D eigenvalue weighted by molar-refractivity contribution is 0.403. The third-order valence-electron chi connectivity index (χ3n) is 3.79. The minimum atomic E-state index is 0.322. The number of hydrogen-bond donors (Lipinski definition) is 0. The van der Waals surface area contributed by atoms with Gasteiger partial charge in [0.05, 0.1) is 11.1 Å². The van der Waals surface area contributed by atoms with Gasteiger partial charge in [0.15, 0.2) is 11.6 Å². The number of rotatable bonds is 3. The Morgan fingerprint density at radius 1 is 1.00 bits per heavy atom. The molecule has 0 amide bonds. The number of allylic oxidation sites excluding steroid dienone is 1. The first-order valence-electron chi connectivity index (χ1n) is 7.11. The maximum absolute atomic E-state index is 5.43. The number of hydrogen-bond acceptors (Lipinski definition) is 6. The lowest BCUT2D eigenvalue weighted by atomic mass is 9.81. The summed E-state index contributed by atoms with van der Waals surface area (Å²) < 4.78 is 10.7. The Balaban J connectivity index is 1.72. The molecule has 0 atom stereocenters. The summed E-state index contributed by atoms with van der Waals surface area (Å²) in [6.07, 6.45) is 1.87. The number of aromatic nitrogens is 4. The molecule has 0 bridgehead atoms. The molecule has 3 aromatic rings. The fraction of sp³-hybridized carbons (Fsp3) is 0.250. The van der Waals surface area contributed by atoms with E-state index >= 15 is 0 Å². The van der Waals surface area contributed by atoms with Gasteiger partial charge in [0.2, 0.25) is 0 Å². The van der Waals surface area contributed by atoms with E-state index in [-0.39, 0.29) is 0 Å². The largest absolute Gasteiger partial charge is 0.334 e. The van der Waals surface area contributed by atoms with Gasteiger partial charge in [-0.3, -0.25) is 0 Å². The van der Waals surface area contributed by atoms with Crippen molar-refractivity contribution in [1.29, 1.82) is 0 Å². The van der Waals surface area contributed by atoms with E-state index in [9.17, 15) is 0 Å². The molecule has 6 heteroatoms. The Labute approximate surface area is 126 Å². The quantitative estimate of drug-likeness (QED) is 0.688. The van der Waals surface area contributed by atoms with Gasteiger partial charge < -0.3 is 9.05 Å². The van der Waals surface area contributed by atoms with Gasteiger partial charge in [0, 0.05) is 5.92 Å². The molecule has 2 aromatic heterocycles. The van der Waals surface area contributed by atoms with Crippen molar-refractivity contribution in [3.8, 4) is 22.9 Å². The van der Waals surface area contributed by atoms with Crippen molar-refractivity contribution < 1.29 is 9.05 Å². The van der Waals surface area contributed by atoms with Gasteiger partial charge in [-0.25, -0.2) is 0 Å². The van der Waals surface area contributed by atoms with E-state index < -0.39 is 0 Å². The van der Waals surface area contributed by atoms with E-state index in [0.717, 1.165) is 29.8 Å². The van der Waals surface area contributed by atoms with E-state index in [1.807, 2.05) is 24.3 Å². The molecule has 22 heavy (non-hydrogen) atoms. The molecule has 1 aliphatic rings. The van der Waals surface area contributed by atoms with Crippen LogP contribution in [0.5, 0.6) is 0 Å². The van der Waals surface area contributed by atoms with Crippen LogP contribution in [0.3, 0.4) is 0 Å². The summed E-state index contributed by atoms with van der Waals surface area (Å²) in [5.41, 5.74) is 2.82. The SMILES string of the molecule is C=C1CC(c2noc(-c3ccccc3-c3nc(C)no3)n2)C1. The molecule has 1 aromatic carbocycles. The molecule has 2 heterocycles. The van der Waals surface area contributed by atoms with Gasteiger partial charge in [-0.1, -0.05) is 34.6 Å². The second-order valence-electron chi connectivity index (χ2n) is 5.51. The predicted molar refractivity (Wildman–Crippen MR) is 78.9 cm³/mol. The van der Waals surface area contributed by atoms with Gasteiger partial charge in [-0.05, 0) is 31.9 Å². The molecule has 1 fully saturated rings. The molecule has 6 nitrogen and oxygen atoms in total. The molecule has 0 aliphatic heterocycles. The van der Waals surface area contributed by atoms with Crippen molar-refractivity contribution in [3.05, 3.63) is 48.1 Å². The predicted octanol–water partition coefficient (Wildman–Crippen LogP) is 3.53. The molecular weight excluding hydrogens is 280 g/mol. The van der Waals surface area contributed by atoms with Crippen molar-refractivity contribution in [3.63, 3.8) is 0 Å². The lowest BCUT2D eigenvalue weighted by Gasteiger charge is -2.24. The van der Waals surface area contributed by atoms with E-state index in [1.165, 1.54) is 5.57 Å². The minimum absolute atomic E-state index is 0.322. The first-order chi connectivity index (χ1) is 10.7. The number of aryl methyl sites for hydroxylation is 1. The summed E-state index contributed by atoms with van der Waals surface area (Å²) in [7, 11) is 0. The van der Waals surface area contributed by atoms with Crippen molar-refractivity contribution in [2.45, 2.75) is 25.7 Å². The Morgan fingerprint density at radius 3 is 2.23 bits per heavy atom. The van der Waals surface area contributed by atoms with Crippen LogP contribution in [0.15, 0.2) is 45.5 Å². The van der Waals surface area contributed by atoms with Gasteiger partial charge in [0.25, 0.3) is 11.8 Å². The Bertz CT molecular complexity index is 841. The molecule has 0 saturated heterocycles. The van der Waals surface area contributed by atoms with E-state index in [2.05, 4.69) is 26.9 Å². The summed E-state index contributed by atoms with van der Waals surface area (Å²) >= 11 is 0. The monoisotopic (exact) mass is 294 g/mol. The van der Waals surface area contributed by atoms with Crippen molar-refractivity contribution in [1.82, 2.24) is 20.3 Å². The average molecular weight is 294 g/mol. The van der Waals surface area contributed by atoms with E-state index in [1.54, 1.807) is 6.92 Å². The highest BCUT2D eigenvalue weighted by Crippen LogP contribution is 2.39. The summed E-state index contributed by atoms with van der Waals surface area (Å²) in [5.74, 6) is 2.56. The highest BCUT2D eigenvalue weighted by molar-refractivity contribution is 5.75. The second-order valence-corrected chi connectivity index (χ2v) is 5.51. The molecule has 0 N–H and O–H groups in total. The van der Waals surface area contributed by atoms with Crippen molar-refractivity contribution in [2.75, 3.05) is 0 Å². The first-order valence-corrected chi connectivity index (χ1v) is 7.11. The molecule has 0 unspecified atom stereocenters. The molecule has 0 radical (unpaired) electrons. The average Bonchev–Trinajstić information content (AvgIpc) is 3.13. The highest BCUT2D eigenvalue weighted by Gasteiger charge is 2.28. The summed E-state index contributed by atoms with van der Waals surface area (Å²) in [5, 5.41) is 7.92. The minimum Gasteiger partial charge on any atom is -0.334 e. The van der Waals surface area contributed by atoms with Gasteiger partial charge >= 0.3 is 0 Å².